The third kappa shape index (κ3) is 2.05. The molecular weight excluding hydrogens is 284 g/mol. The minimum Gasteiger partial charge on any atom is -0.376 e. The van der Waals surface area contributed by atoms with E-state index < -0.39 is 0 Å². The molecule has 1 aromatic heterocycles. The number of nitrogens with one attached hydrogen (secondary N) is 1. The molecule has 2 saturated heterocycles. The second kappa shape index (κ2) is 5.07. The van der Waals surface area contributed by atoms with Gasteiger partial charge in [-0.05, 0) is 48.6 Å². The molecule has 3 aliphatic rings. The van der Waals surface area contributed by atoms with E-state index in [0.29, 0.717) is 5.91 Å². The van der Waals surface area contributed by atoms with E-state index in [1.807, 2.05) is 0 Å². The molecule has 114 valence electrons. The summed E-state index contributed by atoms with van der Waals surface area (Å²) in [5.74, 6) is 0.304. The van der Waals surface area contributed by atoms with E-state index in [1.54, 1.807) is 11.3 Å². The van der Waals surface area contributed by atoms with Crippen molar-refractivity contribution in [1.29, 1.82) is 0 Å². The van der Waals surface area contributed by atoms with Crippen LogP contribution in [-0.2, 0) is 9.53 Å². The maximum absolute atomic E-state index is 13.2. The van der Waals surface area contributed by atoms with Gasteiger partial charge in [0.15, 0.2) is 0 Å². The van der Waals surface area contributed by atoms with Gasteiger partial charge in [-0.1, -0.05) is 12.8 Å². The summed E-state index contributed by atoms with van der Waals surface area (Å²) in [6.45, 7) is 2.86. The summed E-state index contributed by atoms with van der Waals surface area (Å²) in [6.07, 6.45) is 5.37. The monoisotopic (exact) mass is 306 g/mol. The summed E-state index contributed by atoms with van der Waals surface area (Å²) >= 11 is 1.69. The van der Waals surface area contributed by atoms with Crippen molar-refractivity contribution < 1.29 is 9.53 Å². The Morgan fingerprint density at radius 1 is 1.43 bits per heavy atom. The number of hydrogen-bond donors (Lipinski definition) is 1. The molecule has 1 aromatic rings. The molecule has 3 unspecified atom stereocenters. The van der Waals surface area contributed by atoms with Crippen LogP contribution in [0.3, 0.4) is 0 Å². The number of ether oxygens (including phenoxy) is 1. The van der Waals surface area contributed by atoms with Gasteiger partial charge in [0.2, 0.25) is 5.91 Å². The van der Waals surface area contributed by atoms with Gasteiger partial charge in [0.05, 0.1) is 17.7 Å². The van der Waals surface area contributed by atoms with E-state index in [4.69, 9.17) is 4.74 Å². The van der Waals surface area contributed by atoms with Crippen LogP contribution in [0.1, 0.15) is 50.8 Å². The van der Waals surface area contributed by atoms with Crippen LogP contribution in [0.25, 0.3) is 0 Å². The van der Waals surface area contributed by atoms with Crippen molar-refractivity contribution in [3.63, 3.8) is 0 Å². The molecule has 1 N–H and O–H groups in total. The van der Waals surface area contributed by atoms with Crippen molar-refractivity contribution in [2.24, 2.45) is 0 Å². The van der Waals surface area contributed by atoms with Crippen LogP contribution in [-0.4, -0.2) is 35.1 Å². The molecule has 1 aliphatic carbocycles. The summed E-state index contributed by atoms with van der Waals surface area (Å²) < 4.78 is 5.72. The van der Waals surface area contributed by atoms with E-state index in [-0.39, 0.29) is 23.9 Å². The first kappa shape index (κ1) is 13.7. The maximum Gasteiger partial charge on any atom is 0.244 e. The van der Waals surface area contributed by atoms with Gasteiger partial charge < -0.3 is 9.64 Å². The van der Waals surface area contributed by atoms with Crippen molar-refractivity contribution in [1.82, 2.24) is 10.2 Å². The Balaban J connectivity index is 1.71. The van der Waals surface area contributed by atoms with Crippen LogP contribution in [0, 0.1) is 0 Å². The van der Waals surface area contributed by atoms with Crippen molar-refractivity contribution in [2.75, 3.05) is 6.61 Å². The lowest BCUT2D eigenvalue weighted by atomic mass is 9.97. The van der Waals surface area contributed by atoms with Gasteiger partial charge in [-0.25, -0.2) is 0 Å². The van der Waals surface area contributed by atoms with Crippen LogP contribution < -0.4 is 5.32 Å². The van der Waals surface area contributed by atoms with E-state index in [0.717, 1.165) is 38.7 Å². The summed E-state index contributed by atoms with van der Waals surface area (Å²) in [5.41, 5.74) is 0.908. The van der Waals surface area contributed by atoms with Crippen LogP contribution in [0.2, 0.25) is 0 Å². The Hall–Kier alpha value is -0.910. The first-order valence-electron chi connectivity index (χ1n) is 7.95. The predicted molar refractivity (Wildman–Crippen MR) is 82.1 cm³/mol. The van der Waals surface area contributed by atoms with Gasteiger partial charge in [0.1, 0.15) is 6.17 Å². The number of rotatable bonds is 2. The Labute approximate surface area is 129 Å². The number of carbonyl (C=O) groups is 1. The molecule has 1 saturated carbocycles. The van der Waals surface area contributed by atoms with Crippen LogP contribution in [0.4, 0.5) is 0 Å². The minimum atomic E-state index is -0.311. The molecule has 1 spiro atoms. The highest BCUT2D eigenvalue weighted by molar-refractivity contribution is 7.08. The molecule has 4 nitrogen and oxygen atoms in total. The highest BCUT2D eigenvalue weighted by Crippen LogP contribution is 2.43. The molecule has 5 heteroatoms. The third-order valence-corrected chi connectivity index (χ3v) is 6.05. The predicted octanol–water partition coefficient (Wildman–Crippen LogP) is 2.67. The van der Waals surface area contributed by atoms with Gasteiger partial charge >= 0.3 is 0 Å². The second-order valence-electron chi connectivity index (χ2n) is 6.54. The average Bonchev–Trinajstić information content (AvgIpc) is 3.22. The second-order valence-corrected chi connectivity index (χ2v) is 7.32. The topological polar surface area (TPSA) is 41.6 Å². The molecule has 1 amide bonds. The normalized spacial score (nSPS) is 35.2. The first-order chi connectivity index (χ1) is 10.2. The average molecular weight is 306 g/mol. The SMILES string of the molecule is CC1OCCC1N1C(=O)C2(CCCC2)NC1c1ccsc1. The van der Waals surface area contributed by atoms with E-state index in [2.05, 4.69) is 34.0 Å². The fourth-order valence-electron chi connectivity index (χ4n) is 4.20. The summed E-state index contributed by atoms with van der Waals surface area (Å²) in [5, 5.41) is 7.94. The number of nitrogens with zero attached hydrogens (tertiary/aromatic N) is 1. The fourth-order valence-corrected chi connectivity index (χ4v) is 4.88. The molecule has 3 atom stereocenters. The Kier molecular flexibility index (Phi) is 3.32. The Bertz CT molecular complexity index is 524. The number of hydrogen-bond acceptors (Lipinski definition) is 4. The molecule has 4 rings (SSSR count). The van der Waals surface area contributed by atoms with Crippen molar-refractivity contribution >= 4 is 17.2 Å². The zero-order valence-corrected chi connectivity index (χ0v) is 13.2. The fraction of sp³-hybridized carbons (Fsp3) is 0.688. The summed E-state index contributed by atoms with van der Waals surface area (Å²) in [7, 11) is 0. The number of carbonyl (C=O) groups excluding carboxylic acids is 1. The summed E-state index contributed by atoms with van der Waals surface area (Å²) in [6, 6.07) is 2.34. The van der Waals surface area contributed by atoms with E-state index in [1.165, 1.54) is 5.56 Å². The van der Waals surface area contributed by atoms with Crippen LogP contribution >= 0.6 is 11.3 Å². The number of amides is 1. The Morgan fingerprint density at radius 3 is 2.86 bits per heavy atom. The lowest BCUT2D eigenvalue weighted by Crippen LogP contribution is -2.47. The molecule has 2 aliphatic heterocycles. The lowest BCUT2D eigenvalue weighted by molar-refractivity contribution is -0.136. The van der Waals surface area contributed by atoms with E-state index >= 15 is 0 Å². The van der Waals surface area contributed by atoms with Crippen molar-refractivity contribution in [3.8, 4) is 0 Å². The van der Waals surface area contributed by atoms with Crippen molar-refractivity contribution in [3.05, 3.63) is 22.4 Å². The van der Waals surface area contributed by atoms with Crippen LogP contribution in [0.5, 0.6) is 0 Å². The lowest BCUT2D eigenvalue weighted by Gasteiger charge is -2.31. The zero-order valence-electron chi connectivity index (χ0n) is 12.4. The van der Waals surface area contributed by atoms with Gasteiger partial charge in [-0.3, -0.25) is 10.1 Å². The molecule has 21 heavy (non-hydrogen) atoms. The third-order valence-electron chi connectivity index (χ3n) is 5.34. The standard InChI is InChI=1S/C16H22N2O2S/c1-11-13(4-8-20-11)18-14(12-5-9-21-10-12)17-16(15(18)19)6-2-3-7-16/h5,9-11,13-14,17H,2-4,6-8H2,1H3. The largest absolute Gasteiger partial charge is 0.376 e. The van der Waals surface area contributed by atoms with Crippen LogP contribution in [0.15, 0.2) is 16.8 Å². The first-order valence-corrected chi connectivity index (χ1v) is 8.90. The van der Waals surface area contributed by atoms with Gasteiger partial charge in [-0.15, -0.1) is 0 Å². The molecule has 0 bridgehead atoms. The van der Waals surface area contributed by atoms with Gasteiger partial charge in [0, 0.05) is 6.61 Å². The molecular formula is C16H22N2O2S. The quantitative estimate of drug-likeness (QED) is 0.913. The van der Waals surface area contributed by atoms with Crippen molar-refractivity contribution in [2.45, 2.75) is 62.9 Å². The maximum atomic E-state index is 13.2. The van der Waals surface area contributed by atoms with Gasteiger partial charge in [0.25, 0.3) is 0 Å². The molecule has 3 fully saturated rings. The molecule has 0 radical (unpaired) electrons. The zero-order chi connectivity index (χ0) is 14.4. The summed E-state index contributed by atoms with van der Waals surface area (Å²) in [4.78, 5) is 15.3. The highest BCUT2D eigenvalue weighted by atomic mass is 32.1. The minimum absolute atomic E-state index is 0.0241. The highest BCUT2D eigenvalue weighted by Gasteiger charge is 2.55. The molecule has 0 aromatic carbocycles. The number of thiophene rings is 1. The van der Waals surface area contributed by atoms with E-state index in [9.17, 15) is 4.79 Å². The molecule has 3 heterocycles. The Morgan fingerprint density at radius 2 is 2.24 bits per heavy atom. The smallest absolute Gasteiger partial charge is 0.244 e. The van der Waals surface area contributed by atoms with Gasteiger partial charge in [-0.2, -0.15) is 11.3 Å².